The predicted molar refractivity (Wildman–Crippen MR) is 113 cm³/mol. The molecule has 0 saturated carbocycles. The van der Waals surface area contributed by atoms with Crippen molar-refractivity contribution >= 4 is 24.0 Å². The summed E-state index contributed by atoms with van der Waals surface area (Å²) in [4.78, 5) is 55.1. The number of β-lactam (4-membered cyclic amide) rings is 1. The van der Waals surface area contributed by atoms with Crippen molar-refractivity contribution in [2.45, 2.75) is 78.2 Å². The molecule has 2 aliphatic rings. The van der Waals surface area contributed by atoms with Crippen LogP contribution in [0.2, 0.25) is 0 Å². The number of hydrogen-bond acceptors (Lipinski definition) is 6. The minimum atomic E-state index is -1.32. The van der Waals surface area contributed by atoms with Gasteiger partial charge in [0, 0.05) is 13.1 Å². The summed E-state index contributed by atoms with van der Waals surface area (Å²) in [7, 11) is 0. The van der Waals surface area contributed by atoms with Crippen LogP contribution >= 0.6 is 0 Å². The Bertz CT molecular complexity index is 754. The van der Waals surface area contributed by atoms with Gasteiger partial charge in [-0.1, -0.05) is 13.8 Å². The van der Waals surface area contributed by atoms with Gasteiger partial charge < -0.3 is 25.0 Å². The van der Waals surface area contributed by atoms with Gasteiger partial charge in [0.2, 0.25) is 5.91 Å². The summed E-state index contributed by atoms with van der Waals surface area (Å²) in [6.45, 7) is 14.4. The topological polar surface area (TPSA) is 122 Å². The molecule has 0 aromatic rings. The first-order valence-corrected chi connectivity index (χ1v) is 10.6. The van der Waals surface area contributed by atoms with Crippen LogP contribution in [0.1, 0.15) is 55.4 Å². The van der Waals surface area contributed by atoms with Crippen LogP contribution in [-0.2, 0) is 19.1 Å². The van der Waals surface area contributed by atoms with Gasteiger partial charge in [0.1, 0.15) is 17.2 Å². The Morgan fingerprint density at radius 1 is 0.935 bits per heavy atom. The van der Waals surface area contributed by atoms with Crippen molar-refractivity contribution in [3.8, 4) is 0 Å². The van der Waals surface area contributed by atoms with Crippen LogP contribution in [0.25, 0.3) is 0 Å². The van der Waals surface area contributed by atoms with Gasteiger partial charge in [-0.3, -0.25) is 14.5 Å². The molecule has 2 heterocycles. The van der Waals surface area contributed by atoms with Crippen molar-refractivity contribution in [3.63, 3.8) is 0 Å². The van der Waals surface area contributed by atoms with E-state index in [9.17, 15) is 19.2 Å². The summed E-state index contributed by atoms with van der Waals surface area (Å²) in [5.74, 6) is -1.23. The van der Waals surface area contributed by atoms with Gasteiger partial charge in [-0.25, -0.2) is 9.59 Å². The molecule has 0 bridgehead atoms. The Hall–Kier alpha value is -2.52. The van der Waals surface area contributed by atoms with Gasteiger partial charge in [-0.15, -0.1) is 0 Å². The summed E-state index contributed by atoms with van der Waals surface area (Å²) < 4.78 is 11.0. The number of likely N-dealkylation sites (tertiary alicyclic amines) is 1. The van der Waals surface area contributed by atoms with E-state index >= 15 is 0 Å². The number of amides is 4. The Kier molecular flexibility index (Phi) is 6.54. The highest BCUT2D eigenvalue weighted by atomic mass is 16.6. The second-order valence-corrected chi connectivity index (χ2v) is 10.6. The van der Waals surface area contributed by atoms with Gasteiger partial charge in [-0.2, -0.15) is 0 Å². The van der Waals surface area contributed by atoms with Crippen molar-refractivity contribution in [2.75, 3.05) is 26.2 Å². The van der Waals surface area contributed by atoms with E-state index in [1.165, 1.54) is 14.7 Å². The fourth-order valence-corrected chi connectivity index (χ4v) is 3.96. The first-order chi connectivity index (χ1) is 14.0. The molecule has 2 saturated heterocycles. The SMILES string of the molecule is CC(C)[C@@H](C(N)=O)N1CC2(CN(C(=O)OC(C)(C)C)CCN2C(=O)OC(C)(C)C)C1=O. The van der Waals surface area contributed by atoms with Crippen LogP contribution in [0.4, 0.5) is 9.59 Å². The van der Waals surface area contributed by atoms with Crippen molar-refractivity contribution < 1.29 is 28.7 Å². The Morgan fingerprint density at radius 3 is 1.87 bits per heavy atom. The maximum Gasteiger partial charge on any atom is 0.411 e. The van der Waals surface area contributed by atoms with E-state index in [-0.39, 0.29) is 32.1 Å². The highest BCUT2D eigenvalue weighted by Crippen LogP contribution is 2.37. The molecular formula is C21H36N4O6. The number of primary amides is 1. The third-order valence-electron chi connectivity index (χ3n) is 5.18. The molecule has 2 aliphatic heterocycles. The molecule has 2 rings (SSSR count). The zero-order valence-electron chi connectivity index (χ0n) is 19.9. The summed E-state index contributed by atoms with van der Waals surface area (Å²) in [6.07, 6.45) is -1.19. The highest BCUT2D eigenvalue weighted by molar-refractivity contribution is 6.00. The maximum absolute atomic E-state index is 13.4. The number of nitrogens with two attached hydrogens (primary N) is 1. The fourth-order valence-electron chi connectivity index (χ4n) is 3.96. The zero-order chi connectivity index (χ0) is 23.9. The summed E-state index contributed by atoms with van der Waals surface area (Å²) in [5, 5.41) is 0. The number of ether oxygens (including phenoxy) is 2. The van der Waals surface area contributed by atoms with Crippen LogP contribution in [0.3, 0.4) is 0 Å². The Morgan fingerprint density at radius 2 is 1.45 bits per heavy atom. The molecule has 0 aromatic carbocycles. The number of hydrogen-bond donors (Lipinski definition) is 1. The van der Waals surface area contributed by atoms with Gasteiger partial charge in [0.15, 0.2) is 5.54 Å². The average Bonchev–Trinajstić information content (AvgIpc) is 2.57. The standard InChI is InChI=1S/C21H36N4O6/c1-13(2)14(15(22)26)24-12-21(16(24)27)11-23(17(28)30-19(3,4)5)9-10-25(21)18(29)31-20(6,7)8/h13-14H,9-12H2,1-8H3,(H2,22,26)/t14-,21?/m0/s1. The van der Waals surface area contributed by atoms with E-state index < -0.39 is 46.8 Å². The van der Waals surface area contributed by atoms with Gasteiger partial charge in [-0.05, 0) is 47.5 Å². The van der Waals surface area contributed by atoms with E-state index in [1.807, 2.05) is 0 Å². The fraction of sp³-hybridized carbons (Fsp3) is 0.810. The number of piperazine rings is 1. The molecule has 0 radical (unpaired) electrons. The summed E-state index contributed by atoms with van der Waals surface area (Å²) in [6, 6.07) is -0.796. The minimum Gasteiger partial charge on any atom is -0.444 e. The normalized spacial score (nSPS) is 23.0. The van der Waals surface area contributed by atoms with Crippen LogP contribution in [0.15, 0.2) is 0 Å². The lowest BCUT2D eigenvalue weighted by atomic mass is 9.81. The zero-order valence-corrected chi connectivity index (χ0v) is 19.9. The number of carbonyl (C=O) groups excluding carboxylic acids is 4. The lowest BCUT2D eigenvalue weighted by molar-refractivity contribution is -0.177. The second-order valence-electron chi connectivity index (χ2n) is 10.6. The van der Waals surface area contributed by atoms with E-state index in [1.54, 1.807) is 55.4 Å². The molecule has 1 unspecified atom stereocenters. The van der Waals surface area contributed by atoms with E-state index in [4.69, 9.17) is 15.2 Å². The lowest BCUT2D eigenvalue weighted by Crippen LogP contribution is -2.83. The molecule has 2 N–H and O–H groups in total. The average molecular weight is 441 g/mol. The molecule has 0 aliphatic carbocycles. The summed E-state index contributed by atoms with van der Waals surface area (Å²) >= 11 is 0. The van der Waals surface area contributed by atoms with Crippen molar-refractivity contribution in [1.29, 1.82) is 0 Å². The van der Waals surface area contributed by atoms with Crippen LogP contribution in [-0.4, -0.2) is 87.7 Å². The van der Waals surface area contributed by atoms with Crippen LogP contribution < -0.4 is 5.73 Å². The quantitative estimate of drug-likeness (QED) is 0.665. The largest absolute Gasteiger partial charge is 0.444 e. The molecule has 31 heavy (non-hydrogen) atoms. The van der Waals surface area contributed by atoms with Gasteiger partial charge in [0.25, 0.3) is 5.91 Å². The Labute approximate surface area is 184 Å². The molecule has 0 aromatic heterocycles. The molecule has 2 atom stereocenters. The van der Waals surface area contributed by atoms with Crippen molar-refractivity contribution in [3.05, 3.63) is 0 Å². The molecular weight excluding hydrogens is 404 g/mol. The molecule has 4 amide bonds. The molecule has 1 spiro atoms. The summed E-state index contributed by atoms with van der Waals surface area (Å²) in [5.41, 5.74) is 2.76. The highest BCUT2D eigenvalue weighted by Gasteiger charge is 2.63. The van der Waals surface area contributed by atoms with Crippen molar-refractivity contribution in [2.24, 2.45) is 11.7 Å². The van der Waals surface area contributed by atoms with E-state index in [0.29, 0.717) is 0 Å². The maximum atomic E-state index is 13.4. The Balaban J connectivity index is 2.34. The first kappa shape index (κ1) is 24.7. The third-order valence-corrected chi connectivity index (χ3v) is 5.18. The smallest absolute Gasteiger partial charge is 0.411 e. The van der Waals surface area contributed by atoms with Gasteiger partial charge in [0.05, 0.1) is 13.1 Å². The van der Waals surface area contributed by atoms with E-state index in [0.717, 1.165) is 0 Å². The molecule has 10 heteroatoms. The predicted octanol–water partition coefficient (Wildman–Crippen LogP) is 1.57. The lowest BCUT2D eigenvalue weighted by Gasteiger charge is -2.59. The minimum absolute atomic E-state index is 0.0416. The van der Waals surface area contributed by atoms with Crippen LogP contribution in [0, 0.1) is 5.92 Å². The molecule has 176 valence electrons. The number of nitrogens with zero attached hydrogens (tertiary/aromatic N) is 3. The third kappa shape index (κ3) is 5.22. The first-order valence-electron chi connectivity index (χ1n) is 10.6. The molecule has 10 nitrogen and oxygen atoms in total. The molecule has 2 fully saturated rings. The number of carbonyl (C=O) groups is 4. The van der Waals surface area contributed by atoms with Crippen LogP contribution in [0.5, 0.6) is 0 Å². The van der Waals surface area contributed by atoms with Gasteiger partial charge >= 0.3 is 12.2 Å². The number of rotatable bonds is 3. The second kappa shape index (κ2) is 8.20. The monoisotopic (exact) mass is 440 g/mol. The van der Waals surface area contributed by atoms with E-state index in [2.05, 4.69) is 0 Å². The van der Waals surface area contributed by atoms with Crippen molar-refractivity contribution in [1.82, 2.24) is 14.7 Å².